The summed E-state index contributed by atoms with van der Waals surface area (Å²) in [4.78, 5) is 22.6. The van der Waals surface area contributed by atoms with Gasteiger partial charge in [-0.05, 0) is 30.3 Å². The maximum Gasteiger partial charge on any atom is 0.245 e. The summed E-state index contributed by atoms with van der Waals surface area (Å²) in [6, 6.07) is 9.83. The lowest BCUT2D eigenvalue weighted by molar-refractivity contribution is -0.127. The molecule has 1 saturated heterocycles. The molecule has 1 aliphatic rings. The number of ether oxygens (including phenoxy) is 2. The Labute approximate surface area is 197 Å². The van der Waals surface area contributed by atoms with E-state index in [1.54, 1.807) is 12.0 Å². The van der Waals surface area contributed by atoms with Crippen molar-refractivity contribution in [3.63, 3.8) is 0 Å². The molecule has 174 valence electrons. The molecule has 1 N–H and O–H groups in total. The van der Waals surface area contributed by atoms with Gasteiger partial charge in [0.2, 0.25) is 5.91 Å². The second kappa shape index (κ2) is 9.01. The first-order valence-corrected chi connectivity index (χ1v) is 11.1. The summed E-state index contributed by atoms with van der Waals surface area (Å²) in [6.45, 7) is 4.84. The number of nitrogens with zero attached hydrogens (tertiary/aromatic N) is 5. The molecule has 9 heteroatoms. The topological polar surface area (TPSA) is 94.4 Å². The molecule has 4 aromatic rings. The van der Waals surface area contributed by atoms with Crippen molar-refractivity contribution < 1.29 is 14.3 Å². The van der Waals surface area contributed by atoms with Crippen LogP contribution in [0.1, 0.15) is 12.8 Å². The molecule has 0 saturated carbocycles. The molecule has 2 aromatic heterocycles. The van der Waals surface area contributed by atoms with Crippen LogP contribution in [-0.2, 0) is 11.8 Å². The zero-order valence-corrected chi connectivity index (χ0v) is 19.2. The van der Waals surface area contributed by atoms with E-state index in [0.717, 1.165) is 40.3 Å². The average molecular weight is 459 g/mol. The van der Waals surface area contributed by atoms with Gasteiger partial charge in [0.1, 0.15) is 18.2 Å². The van der Waals surface area contributed by atoms with Crippen LogP contribution in [0.2, 0.25) is 0 Å². The van der Waals surface area contributed by atoms with E-state index >= 15 is 0 Å². The third-order valence-corrected chi connectivity index (χ3v) is 6.15. The maximum atomic E-state index is 11.9. The number of likely N-dealkylation sites (tertiary alicyclic amines) is 1. The van der Waals surface area contributed by atoms with E-state index in [1.807, 2.05) is 48.3 Å². The lowest BCUT2D eigenvalue weighted by Gasteiger charge is -2.31. The fourth-order valence-electron chi connectivity index (χ4n) is 4.28. The number of methoxy groups -OCH3 is 1. The van der Waals surface area contributed by atoms with Crippen LogP contribution in [0.25, 0.3) is 21.8 Å². The Morgan fingerprint density at radius 2 is 2.00 bits per heavy atom. The summed E-state index contributed by atoms with van der Waals surface area (Å²) < 4.78 is 13.8. The molecule has 1 fully saturated rings. The van der Waals surface area contributed by atoms with Gasteiger partial charge in [-0.1, -0.05) is 6.58 Å². The lowest BCUT2D eigenvalue weighted by atomic mass is 10.1. The SMILES string of the molecule is C=CC(=O)N1CCC(Oc2cc3c(Nc4ccc5cnn(C)c5c4)ncnc3cc2OC)CC1. The average Bonchev–Trinajstić information content (AvgIpc) is 3.24. The van der Waals surface area contributed by atoms with Crippen LogP contribution in [0.4, 0.5) is 11.5 Å². The van der Waals surface area contributed by atoms with Gasteiger partial charge in [0.25, 0.3) is 0 Å². The van der Waals surface area contributed by atoms with Gasteiger partial charge in [0, 0.05) is 55.5 Å². The highest BCUT2D eigenvalue weighted by atomic mass is 16.5. The summed E-state index contributed by atoms with van der Waals surface area (Å²) in [7, 11) is 3.53. The molecule has 5 rings (SSSR count). The van der Waals surface area contributed by atoms with Crippen molar-refractivity contribution in [2.24, 2.45) is 7.05 Å². The first-order valence-electron chi connectivity index (χ1n) is 11.1. The first-order chi connectivity index (χ1) is 16.6. The van der Waals surface area contributed by atoms with E-state index in [4.69, 9.17) is 9.47 Å². The first kappa shape index (κ1) is 21.7. The lowest BCUT2D eigenvalue weighted by Crippen LogP contribution is -2.41. The minimum absolute atomic E-state index is 0.0199. The van der Waals surface area contributed by atoms with Gasteiger partial charge in [-0.25, -0.2) is 9.97 Å². The number of benzene rings is 2. The van der Waals surface area contributed by atoms with Gasteiger partial charge in [-0.2, -0.15) is 5.10 Å². The summed E-state index contributed by atoms with van der Waals surface area (Å²) in [5, 5.41) is 9.61. The number of aromatic nitrogens is 4. The zero-order chi connectivity index (χ0) is 23.7. The van der Waals surface area contributed by atoms with Crippen molar-refractivity contribution in [2.45, 2.75) is 18.9 Å². The normalized spacial score (nSPS) is 14.4. The van der Waals surface area contributed by atoms with E-state index < -0.39 is 0 Å². The number of nitrogens with one attached hydrogen (secondary N) is 1. The van der Waals surface area contributed by atoms with Crippen molar-refractivity contribution in [2.75, 3.05) is 25.5 Å². The number of hydrogen-bond acceptors (Lipinski definition) is 7. The Morgan fingerprint density at radius 3 is 2.76 bits per heavy atom. The molecular formula is C25H26N6O3. The Morgan fingerprint density at radius 1 is 1.18 bits per heavy atom. The fourth-order valence-corrected chi connectivity index (χ4v) is 4.28. The molecule has 0 unspecified atom stereocenters. The van der Waals surface area contributed by atoms with E-state index in [9.17, 15) is 4.79 Å². The quantitative estimate of drug-likeness (QED) is 0.439. The van der Waals surface area contributed by atoms with Crippen LogP contribution in [-0.4, -0.2) is 56.9 Å². The van der Waals surface area contributed by atoms with Gasteiger partial charge in [0.05, 0.1) is 24.3 Å². The van der Waals surface area contributed by atoms with Crippen LogP contribution < -0.4 is 14.8 Å². The maximum absolute atomic E-state index is 11.9. The predicted molar refractivity (Wildman–Crippen MR) is 131 cm³/mol. The second-order valence-corrected chi connectivity index (χ2v) is 8.26. The highest BCUT2D eigenvalue weighted by Crippen LogP contribution is 2.36. The molecule has 9 nitrogen and oxygen atoms in total. The molecule has 1 aliphatic heterocycles. The molecule has 0 atom stereocenters. The molecule has 0 radical (unpaired) electrons. The molecule has 34 heavy (non-hydrogen) atoms. The molecule has 0 bridgehead atoms. The highest BCUT2D eigenvalue weighted by molar-refractivity contribution is 5.94. The van der Waals surface area contributed by atoms with Crippen LogP contribution in [0, 0.1) is 0 Å². The predicted octanol–water partition coefficient (Wildman–Crippen LogP) is 3.82. The summed E-state index contributed by atoms with van der Waals surface area (Å²) in [5.41, 5.74) is 2.67. The van der Waals surface area contributed by atoms with Gasteiger partial charge < -0.3 is 19.7 Å². The monoisotopic (exact) mass is 458 g/mol. The third-order valence-electron chi connectivity index (χ3n) is 6.15. The second-order valence-electron chi connectivity index (χ2n) is 8.26. The molecule has 0 aliphatic carbocycles. The van der Waals surface area contributed by atoms with E-state index in [2.05, 4.69) is 27.0 Å². The summed E-state index contributed by atoms with van der Waals surface area (Å²) in [6.07, 6.45) is 6.18. The number of aryl methyl sites for hydroxylation is 1. The van der Waals surface area contributed by atoms with Crippen LogP contribution in [0.5, 0.6) is 11.5 Å². The van der Waals surface area contributed by atoms with Crippen molar-refractivity contribution in [3.8, 4) is 11.5 Å². The number of hydrogen-bond donors (Lipinski definition) is 1. The van der Waals surface area contributed by atoms with E-state index in [1.165, 1.54) is 12.4 Å². The smallest absolute Gasteiger partial charge is 0.245 e. The summed E-state index contributed by atoms with van der Waals surface area (Å²) >= 11 is 0. The van der Waals surface area contributed by atoms with Crippen molar-refractivity contribution in [3.05, 3.63) is 55.5 Å². The minimum Gasteiger partial charge on any atom is -0.493 e. The highest BCUT2D eigenvalue weighted by Gasteiger charge is 2.24. The number of fused-ring (bicyclic) bond motifs is 2. The van der Waals surface area contributed by atoms with Crippen molar-refractivity contribution in [1.82, 2.24) is 24.6 Å². The van der Waals surface area contributed by atoms with Crippen LogP contribution >= 0.6 is 0 Å². The standard InChI is InChI=1S/C25H26N6O3/c1-4-24(32)31-9-7-18(8-10-31)34-23-12-19-20(13-22(23)33-3)26-15-27-25(19)29-17-6-5-16-14-28-30(2)21(16)11-17/h4-6,11-15,18H,1,7-10H2,2-3H3,(H,26,27,29). The Balaban J connectivity index is 1.43. The number of carbonyl (C=O) groups excluding carboxylic acids is 1. The molecule has 1 amide bonds. The van der Waals surface area contributed by atoms with Crippen LogP contribution in [0.15, 0.2) is 55.5 Å². The summed E-state index contributed by atoms with van der Waals surface area (Å²) in [5.74, 6) is 1.87. The Hall–Kier alpha value is -4.14. The largest absolute Gasteiger partial charge is 0.493 e. The number of piperidine rings is 1. The number of anilines is 2. The van der Waals surface area contributed by atoms with E-state index in [-0.39, 0.29) is 12.0 Å². The number of amides is 1. The Kier molecular flexibility index (Phi) is 5.75. The molecular weight excluding hydrogens is 432 g/mol. The van der Waals surface area contributed by atoms with Crippen molar-refractivity contribution in [1.29, 1.82) is 0 Å². The van der Waals surface area contributed by atoms with Crippen molar-refractivity contribution >= 4 is 39.2 Å². The molecule has 2 aromatic carbocycles. The molecule has 3 heterocycles. The minimum atomic E-state index is -0.0427. The fraction of sp³-hybridized carbons (Fsp3) is 0.280. The number of rotatable bonds is 6. The molecule has 0 spiro atoms. The third kappa shape index (κ3) is 4.12. The van der Waals surface area contributed by atoms with Gasteiger partial charge in [0.15, 0.2) is 11.5 Å². The van der Waals surface area contributed by atoms with Gasteiger partial charge in [-0.3, -0.25) is 9.48 Å². The van der Waals surface area contributed by atoms with Gasteiger partial charge >= 0.3 is 0 Å². The van der Waals surface area contributed by atoms with Crippen LogP contribution in [0.3, 0.4) is 0 Å². The van der Waals surface area contributed by atoms with E-state index in [0.29, 0.717) is 30.4 Å². The number of carbonyl (C=O) groups is 1. The Bertz CT molecular complexity index is 1370. The zero-order valence-electron chi connectivity index (χ0n) is 19.2. The van der Waals surface area contributed by atoms with Gasteiger partial charge in [-0.15, -0.1) is 0 Å².